The topological polar surface area (TPSA) is 49.8 Å². The van der Waals surface area contributed by atoms with Crippen LogP contribution >= 0.6 is 0 Å². The van der Waals surface area contributed by atoms with Crippen LogP contribution in [0.1, 0.15) is 37.8 Å². The number of nitrogens with zero attached hydrogens (tertiary/aromatic N) is 1. The fraction of sp³-hybridized carbons (Fsp3) is 0.435. The lowest BCUT2D eigenvalue weighted by Crippen LogP contribution is -2.49. The molecule has 2 aromatic carbocycles. The van der Waals surface area contributed by atoms with Crippen LogP contribution in [0.5, 0.6) is 11.5 Å². The van der Waals surface area contributed by atoms with E-state index in [0.717, 1.165) is 12.1 Å². The fourth-order valence-electron chi connectivity index (χ4n) is 3.62. The van der Waals surface area contributed by atoms with Gasteiger partial charge in [0.05, 0.1) is 17.6 Å². The Bertz CT molecular complexity index is 873. The number of halogens is 3. The molecular formula is C23H26F3NO3. The van der Waals surface area contributed by atoms with E-state index in [1.165, 1.54) is 6.07 Å². The molecule has 0 aromatic heterocycles. The number of carbonyl (C=O) groups is 1. The van der Waals surface area contributed by atoms with Gasteiger partial charge in [-0.1, -0.05) is 32.0 Å². The van der Waals surface area contributed by atoms with Gasteiger partial charge in [-0.2, -0.15) is 13.2 Å². The Morgan fingerprint density at radius 2 is 1.73 bits per heavy atom. The minimum absolute atomic E-state index is 0.0339. The Balaban J connectivity index is 1.76. The van der Waals surface area contributed by atoms with Gasteiger partial charge in [-0.3, -0.25) is 4.79 Å². The summed E-state index contributed by atoms with van der Waals surface area (Å²) >= 11 is 0. The summed E-state index contributed by atoms with van der Waals surface area (Å²) in [6, 6.07) is 11.9. The Morgan fingerprint density at radius 3 is 2.30 bits per heavy atom. The van der Waals surface area contributed by atoms with E-state index in [1.54, 1.807) is 35.2 Å². The molecule has 0 unspecified atom stereocenters. The van der Waals surface area contributed by atoms with E-state index in [1.807, 2.05) is 13.8 Å². The second-order valence-electron chi connectivity index (χ2n) is 8.09. The highest BCUT2D eigenvalue weighted by Crippen LogP contribution is 2.35. The van der Waals surface area contributed by atoms with E-state index in [0.29, 0.717) is 31.7 Å². The van der Waals surface area contributed by atoms with Crippen molar-refractivity contribution in [3.63, 3.8) is 0 Å². The smallest absolute Gasteiger partial charge is 0.416 e. The van der Waals surface area contributed by atoms with E-state index >= 15 is 0 Å². The molecule has 1 saturated heterocycles. The zero-order chi connectivity index (χ0) is 21.9. The number of likely N-dealkylation sites (tertiary alicyclic amines) is 1. The summed E-state index contributed by atoms with van der Waals surface area (Å²) < 4.78 is 45.7. The highest BCUT2D eigenvalue weighted by atomic mass is 19.4. The fourth-order valence-corrected chi connectivity index (χ4v) is 3.62. The highest BCUT2D eigenvalue weighted by molar-refractivity contribution is 5.79. The van der Waals surface area contributed by atoms with Gasteiger partial charge in [0.1, 0.15) is 11.5 Å². The molecule has 1 fully saturated rings. The number of carbonyl (C=O) groups excluding carboxylic acids is 1. The van der Waals surface area contributed by atoms with Crippen LogP contribution < -0.4 is 4.74 Å². The van der Waals surface area contributed by atoms with Crippen molar-refractivity contribution in [2.75, 3.05) is 13.1 Å². The predicted octanol–water partition coefficient (Wildman–Crippen LogP) is 5.05. The molecule has 1 N–H and O–H groups in total. The van der Waals surface area contributed by atoms with Gasteiger partial charge in [-0.25, -0.2) is 0 Å². The number of aliphatic hydroxyl groups is 1. The second-order valence-corrected chi connectivity index (χ2v) is 8.09. The average Bonchev–Trinajstić information content (AvgIpc) is 2.68. The Kier molecular flexibility index (Phi) is 6.41. The predicted molar refractivity (Wildman–Crippen MR) is 107 cm³/mol. The van der Waals surface area contributed by atoms with Crippen molar-refractivity contribution < 1.29 is 27.8 Å². The third-order valence-electron chi connectivity index (χ3n) is 5.68. The summed E-state index contributed by atoms with van der Waals surface area (Å²) in [7, 11) is 0. The molecule has 162 valence electrons. The summed E-state index contributed by atoms with van der Waals surface area (Å²) in [5, 5.41) is 10.6. The summed E-state index contributed by atoms with van der Waals surface area (Å²) in [6.45, 7) is 4.66. The molecule has 2 aromatic rings. The third kappa shape index (κ3) is 5.33. The maximum absolute atomic E-state index is 13.4. The first kappa shape index (κ1) is 22.2. The molecule has 1 aliphatic heterocycles. The number of hydrogen-bond acceptors (Lipinski definition) is 3. The minimum Gasteiger partial charge on any atom is -0.457 e. The number of hydrogen-bond donors (Lipinski definition) is 1. The molecule has 1 heterocycles. The van der Waals surface area contributed by atoms with Crippen molar-refractivity contribution in [2.24, 2.45) is 5.92 Å². The molecule has 0 saturated carbocycles. The third-order valence-corrected chi connectivity index (χ3v) is 5.68. The van der Waals surface area contributed by atoms with Crippen molar-refractivity contribution in [2.45, 2.75) is 44.9 Å². The zero-order valence-electron chi connectivity index (χ0n) is 17.1. The number of amides is 1. The highest BCUT2D eigenvalue weighted by Gasteiger charge is 2.36. The van der Waals surface area contributed by atoms with Crippen molar-refractivity contribution in [3.05, 3.63) is 59.7 Å². The lowest BCUT2D eigenvalue weighted by atomic mass is 9.81. The van der Waals surface area contributed by atoms with Crippen LogP contribution in [0.25, 0.3) is 0 Å². The van der Waals surface area contributed by atoms with Crippen molar-refractivity contribution in [3.8, 4) is 11.5 Å². The Hall–Kier alpha value is -2.54. The quantitative estimate of drug-likeness (QED) is 0.735. The number of rotatable bonds is 5. The first-order chi connectivity index (χ1) is 14.1. The van der Waals surface area contributed by atoms with Gasteiger partial charge in [0, 0.05) is 13.1 Å². The van der Waals surface area contributed by atoms with Gasteiger partial charge in [0.2, 0.25) is 5.91 Å². The van der Waals surface area contributed by atoms with E-state index in [9.17, 15) is 23.1 Å². The summed E-state index contributed by atoms with van der Waals surface area (Å²) in [4.78, 5) is 14.3. The van der Waals surface area contributed by atoms with Crippen molar-refractivity contribution >= 4 is 5.91 Å². The minimum atomic E-state index is -4.55. The van der Waals surface area contributed by atoms with Gasteiger partial charge in [0.15, 0.2) is 0 Å². The normalized spacial score (nSPS) is 16.6. The largest absolute Gasteiger partial charge is 0.457 e. The number of piperidine rings is 1. The van der Waals surface area contributed by atoms with Crippen LogP contribution in [0.15, 0.2) is 48.5 Å². The standard InChI is InChI=1S/C23H26F3NO3/c1-16(2)22(29)8-10-27(11-9-22)21(28)14-17-12-18(23(24,25)26)15-20(13-17)30-19-6-4-3-5-7-19/h3-7,12-13,15-16,29H,8-11,14H2,1-2H3. The number of ether oxygens (including phenoxy) is 1. The SMILES string of the molecule is CC(C)C1(O)CCN(C(=O)Cc2cc(Oc3ccccc3)cc(C(F)(F)F)c2)CC1. The lowest BCUT2D eigenvalue weighted by molar-refractivity contribution is -0.138. The second kappa shape index (κ2) is 8.68. The maximum atomic E-state index is 13.4. The summed E-state index contributed by atoms with van der Waals surface area (Å²) in [5.41, 5.74) is -1.42. The molecule has 1 aliphatic rings. The average molecular weight is 421 g/mol. The van der Waals surface area contributed by atoms with E-state index in [2.05, 4.69) is 0 Å². The molecule has 30 heavy (non-hydrogen) atoms. The first-order valence-electron chi connectivity index (χ1n) is 10.0. The Morgan fingerprint density at radius 1 is 1.10 bits per heavy atom. The van der Waals surface area contributed by atoms with Gasteiger partial charge in [0.25, 0.3) is 0 Å². The van der Waals surface area contributed by atoms with Crippen LogP contribution in [-0.4, -0.2) is 34.6 Å². The van der Waals surface area contributed by atoms with E-state index in [-0.39, 0.29) is 29.6 Å². The van der Waals surface area contributed by atoms with Crippen LogP contribution in [-0.2, 0) is 17.4 Å². The van der Waals surface area contributed by atoms with Gasteiger partial charge in [-0.05, 0) is 54.7 Å². The summed E-state index contributed by atoms with van der Waals surface area (Å²) in [6.07, 6.45) is -3.79. The molecule has 0 radical (unpaired) electrons. The van der Waals surface area contributed by atoms with Crippen LogP contribution in [0, 0.1) is 5.92 Å². The van der Waals surface area contributed by atoms with Gasteiger partial charge in [-0.15, -0.1) is 0 Å². The lowest BCUT2D eigenvalue weighted by Gasteiger charge is -2.40. The van der Waals surface area contributed by atoms with E-state index in [4.69, 9.17) is 4.74 Å². The summed E-state index contributed by atoms with van der Waals surface area (Å²) in [5.74, 6) is 0.270. The Labute approximate surface area is 174 Å². The molecule has 0 aliphatic carbocycles. The van der Waals surface area contributed by atoms with Crippen LogP contribution in [0.3, 0.4) is 0 Å². The molecule has 4 nitrogen and oxygen atoms in total. The monoisotopic (exact) mass is 421 g/mol. The van der Waals surface area contributed by atoms with Crippen molar-refractivity contribution in [1.82, 2.24) is 4.90 Å². The molecule has 1 amide bonds. The zero-order valence-corrected chi connectivity index (χ0v) is 17.1. The van der Waals surface area contributed by atoms with Gasteiger partial charge < -0.3 is 14.7 Å². The van der Waals surface area contributed by atoms with Gasteiger partial charge >= 0.3 is 6.18 Å². The molecule has 0 spiro atoms. The first-order valence-corrected chi connectivity index (χ1v) is 10.0. The number of para-hydroxylation sites is 1. The van der Waals surface area contributed by atoms with E-state index < -0.39 is 17.3 Å². The molecule has 0 bridgehead atoms. The number of alkyl halides is 3. The molecule has 3 rings (SSSR count). The van der Waals surface area contributed by atoms with Crippen LogP contribution in [0.2, 0.25) is 0 Å². The molecule has 7 heteroatoms. The molecule has 0 atom stereocenters. The number of benzene rings is 2. The van der Waals surface area contributed by atoms with Crippen molar-refractivity contribution in [1.29, 1.82) is 0 Å². The maximum Gasteiger partial charge on any atom is 0.416 e. The molecular weight excluding hydrogens is 395 g/mol. The van der Waals surface area contributed by atoms with Crippen LogP contribution in [0.4, 0.5) is 13.2 Å².